The molecule has 0 spiro atoms. The summed E-state index contributed by atoms with van der Waals surface area (Å²) in [4.78, 5) is 2.78. The summed E-state index contributed by atoms with van der Waals surface area (Å²) in [6, 6.07) is 11.5. The third-order valence-corrected chi connectivity index (χ3v) is 9.66. The van der Waals surface area contributed by atoms with Crippen molar-refractivity contribution in [3.8, 4) is 17.2 Å². The number of nitrogens with one attached hydrogen (secondary N) is 1. The molecule has 0 saturated carbocycles. The molecule has 4 rings (SSSR count). The smallest absolute Gasteiger partial charge is 0.419 e. The number of hydrogen-bond donors (Lipinski definition) is 1. The van der Waals surface area contributed by atoms with Gasteiger partial charge in [0, 0.05) is 24.1 Å². The monoisotopic (exact) mass is 574 g/mol. The molecule has 1 fully saturated rings. The Bertz CT molecular complexity index is 1360. The average Bonchev–Trinajstić information content (AvgIpc) is 3.47. The van der Waals surface area contributed by atoms with Crippen LogP contribution < -0.4 is 18.9 Å². The minimum Gasteiger partial charge on any atom is -0.493 e. The number of sulfonamides is 1. The van der Waals surface area contributed by atoms with Gasteiger partial charge in [0.1, 0.15) is 16.1 Å². The van der Waals surface area contributed by atoms with Crippen LogP contribution in [0.15, 0.2) is 61.8 Å². The predicted octanol–water partition coefficient (Wildman–Crippen LogP) is 5.82. The molecule has 1 aromatic heterocycles. The van der Waals surface area contributed by atoms with Crippen molar-refractivity contribution < 1.29 is 35.8 Å². The quantitative estimate of drug-likeness (QED) is 0.345. The average molecular weight is 575 g/mol. The van der Waals surface area contributed by atoms with E-state index in [1.165, 1.54) is 32.0 Å². The van der Waals surface area contributed by atoms with Crippen LogP contribution in [0.1, 0.15) is 12.0 Å². The molecule has 2 heterocycles. The van der Waals surface area contributed by atoms with Crippen LogP contribution in [-0.2, 0) is 16.2 Å². The van der Waals surface area contributed by atoms with Gasteiger partial charge in [-0.2, -0.15) is 13.2 Å². The number of ether oxygens (including phenoxy) is 3. The second-order valence-electron chi connectivity index (χ2n) is 8.30. The van der Waals surface area contributed by atoms with E-state index in [-0.39, 0.29) is 9.90 Å². The van der Waals surface area contributed by atoms with Gasteiger partial charge < -0.3 is 19.1 Å². The lowest BCUT2D eigenvalue weighted by Crippen LogP contribution is -2.23. The number of nitrogens with zero attached hydrogens (tertiary/aromatic N) is 1. The lowest BCUT2D eigenvalue weighted by atomic mass is 10.1. The number of likely N-dealkylation sites (tertiary alicyclic amines) is 1. The first kappa shape index (κ1) is 27.4. The van der Waals surface area contributed by atoms with Gasteiger partial charge in [0.05, 0.1) is 29.7 Å². The first-order chi connectivity index (χ1) is 17.5. The van der Waals surface area contributed by atoms with Crippen molar-refractivity contribution in [2.75, 3.05) is 39.1 Å². The van der Waals surface area contributed by atoms with Crippen LogP contribution in [0.4, 0.5) is 18.9 Å². The van der Waals surface area contributed by atoms with Gasteiger partial charge in [-0.3, -0.25) is 4.72 Å². The van der Waals surface area contributed by atoms with E-state index in [1.54, 1.807) is 18.2 Å². The number of hydrogen-bond acceptors (Lipinski definition) is 8. The molecule has 0 unspecified atom stereocenters. The highest BCUT2D eigenvalue weighted by Gasteiger charge is 2.36. The van der Waals surface area contributed by atoms with Gasteiger partial charge in [0.2, 0.25) is 0 Å². The molecule has 0 radical (unpaired) electrons. The number of rotatable bonds is 9. The zero-order valence-corrected chi connectivity index (χ0v) is 22.6. The Labute approximate surface area is 221 Å². The van der Waals surface area contributed by atoms with Gasteiger partial charge in [-0.1, -0.05) is 11.8 Å². The van der Waals surface area contributed by atoms with Crippen molar-refractivity contribution in [1.82, 2.24) is 4.90 Å². The van der Waals surface area contributed by atoms with Crippen molar-refractivity contribution >= 4 is 38.8 Å². The van der Waals surface area contributed by atoms with Crippen LogP contribution in [0.2, 0.25) is 0 Å². The zero-order chi connectivity index (χ0) is 26.8. The Kier molecular flexibility index (Phi) is 8.17. The molecule has 1 aliphatic rings. The number of thiophene rings is 1. The Balaban J connectivity index is 1.52. The SMILES string of the molecule is COc1ccc(Sc2ccc(S(=O)(=O)Nc3ccc(C(F)(F)F)c(O[C@@H]4CCN(C)C4)c3)s2)cc1OC. The molecule has 0 amide bonds. The Morgan fingerprint density at radius 3 is 2.43 bits per heavy atom. The molecule has 0 bridgehead atoms. The molecule has 7 nitrogen and oxygen atoms in total. The molecule has 37 heavy (non-hydrogen) atoms. The maximum absolute atomic E-state index is 13.6. The highest BCUT2D eigenvalue weighted by Crippen LogP contribution is 2.41. The summed E-state index contributed by atoms with van der Waals surface area (Å²) in [5, 5.41) is 0. The van der Waals surface area contributed by atoms with E-state index in [2.05, 4.69) is 4.72 Å². The van der Waals surface area contributed by atoms with E-state index in [0.717, 1.165) is 34.4 Å². The fraction of sp³-hybridized carbons (Fsp3) is 0.333. The Hall–Kier alpha value is -2.61. The Morgan fingerprint density at radius 1 is 1.03 bits per heavy atom. The van der Waals surface area contributed by atoms with Crippen molar-refractivity contribution in [1.29, 1.82) is 0 Å². The highest BCUT2D eigenvalue weighted by atomic mass is 32.3. The van der Waals surface area contributed by atoms with Gasteiger partial charge >= 0.3 is 6.18 Å². The molecule has 1 aliphatic heterocycles. The van der Waals surface area contributed by atoms with Crippen LogP contribution in [0.5, 0.6) is 17.2 Å². The molecular weight excluding hydrogens is 549 g/mol. The summed E-state index contributed by atoms with van der Waals surface area (Å²) < 4.78 is 86.0. The second kappa shape index (κ2) is 11.0. The van der Waals surface area contributed by atoms with E-state index >= 15 is 0 Å². The minimum atomic E-state index is -4.64. The largest absolute Gasteiger partial charge is 0.493 e. The molecule has 1 saturated heterocycles. The summed E-state index contributed by atoms with van der Waals surface area (Å²) >= 11 is 2.39. The molecule has 2 aromatic carbocycles. The third-order valence-electron chi connectivity index (χ3n) is 5.58. The lowest BCUT2D eigenvalue weighted by molar-refractivity contribution is -0.139. The number of anilines is 1. The normalized spacial score (nSPS) is 16.5. The molecule has 1 N–H and O–H groups in total. The van der Waals surface area contributed by atoms with Crippen LogP contribution in [-0.4, -0.2) is 53.8 Å². The summed E-state index contributed by atoms with van der Waals surface area (Å²) in [5.41, 5.74) is -0.966. The Morgan fingerprint density at radius 2 is 1.78 bits per heavy atom. The summed E-state index contributed by atoms with van der Waals surface area (Å²) in [5.74, 6) is 0.720. The van der Waals surface area contributed by atoms with Gasteiger partial charge in [-0.15, -0.1) is 11.3 Å². The number of methoxy groups -OCH3 is 2. The van der Waals surface area contributed by atoms with Crippen molar-refractivity contribution in [3.63, 3.8) is 0 Å². The van der Waals surface area contributed by atoms with Crippen LogP contribution in [0.3, 0.4) is 0 Å². The summed E-state index contributed by atoms with van der Waals surface area (Å²) in [7, 11) is 0.875. The molecular formula is C24H25F3N2O5S3. The van der Waals surface area contributed by atoms with Crippen LogP contribution in [0.25, 0.3) is 0 Å². The molecule has 1 atom stereocenters. The first-order valence-electron chi connectivity index (χ1n) is 11.1. The maximum Gasteiger partial charge on any atom is 0.419 e. The second-order valence-corrected chi connectivity index (χ2v) is 12.7. The molecule has 3 aromatic rings. The molecule has 200 valence electrons. The maximum atomic E-state index is 13.6. The number of alkyl halides is 3. The van der Waals surface area contributed by atoms with E-state index < -0.39 is 33.6 Å². The predicted molar refractivity (Wildman–Crippen MR) is 137 cm³/mol. The lowest BCUT2D eigenvalue weighted by Gasteiger charge is -2.19. The number of benzene rings is 2. The fourth-order valence-corrected chi connectivity index (χ4v) is 7.43. The summed E-state index contributed by atoms with van der Waals surface area (Å²) in [6.45, 7) is 1.20. The highest BCUT2D eigenvalue weighted by molar-refractivity contribution is 8.02. The van der Waals surface area contributed by atoms with E-state index in [9.17, 15) is 21.6 Å². The van der Waals surface area contributed by atoms with Crippen molar-refractivity contribution in [2.45, 2.75) is 32.0 Å². The number of halogens is 3. The topological polar surface area (TPSA) is 77.1 Å². The van der Waals surface area contributed by atoms with Crippen LogP contribution >= 0.6 is 23.1 Å². The van der Waals surface area contributed by atoms with Gasteiger partial charge in [-0.25, -0.2) is 8.42 Å². The summed E-state index contributed by atoms with van der Waals surface area (Å²) in [6.07, 6.45) is -4.47. The van der Waals surface area contributed by atoms with Gasteiger partial charge in [0.15, 0.2) is 11.5 Å². The first-order valence-corrected chi connectivity index (χ1v) is 14.2. The zero-order valence-electron chi connectivity index (χ0n) is 20.2. The number of likely N-dealkylation sites (N-methyl/N-ethyl adjacent to an activating group) is 1. The fourth-order valence-electron chi connectivity index (χ4n) is 3.79. The van der Waals surface area contributed by atoms with Crippen LogP contribution in [0, 0.1) is 0 Å². The standard InChI is InChI=1S/C24H25F3N2O5S3/c1-29-11-10-16(14-29)34-20-12-15(4-6-18(20)24(25,26)27)28-37(30,31)23-9-8-22(36-23)35-17-5-7-19(32-2)21(13-17)33-3/h4-9,12-13,16,28H,10-11,14H2,1-3H3/t16-/m1/s1. The van der Waals surface area contributed by atoms with E-state index in [0.29, 0.717) is 35.2 Å². The van der Waals surface area contributed by atoms with E-state index in [1.807, 2.05) is 18.0 Å². The van der Waals surface area contributed by atoms with Crippen molar-refractivity contribution in [3.05, 3.63) is 54.1 Å². The third kappa shape index (κ3) is 6.64. The van der Waals surface area contributed by atoms with Gasteiger partial charge in [0.25, 0.3) is 10.0 Å². The minimum absolute atomic E-state index is 0.0168. The molecule has 0 aliphatic carbocycles. The van der Waals surface area contributed by atoms with Gasteiger partial charge in [-0.05, 0) is 55.9 Å². The van der Waals surface area contributed by atoms with E-state index in [4.69, 9.17) is 14.2 Å². The van der Waals surface area contributed by atoms with Crippen molar-refractivity contribution in [2.24, 2.45) is 0 Å². The molecule has 13 heteroatoms.